The fourth-order valence-corrected chi connectivity index (χ4v) is 3.39. The Labute approximate surface area is 128 Å². The molecule has 1 heteroatoms. The van der Waals surface area contributed by atoms with E-state index in [0.29, 0.717) is 12.1 Å². The van der Waals surface area contributed by atoms with Crippen LogP contribution in [0.2, 0.25) is 0 Å². The molecule has 0 saturated heterocycles. The van der Waals surface area contributed by atoms with E-state index in [1.165, 1.54) is 47.9 Å². The molecule has 0 spiro atoms. The van der Waals surface area contributed by atoms with Crippen LogP contribution in [0.3, 0.4) is 0 Å². The molecule has 0 heterocycles. The van der Waals surface area contributed by atoms with Gasteiger partial charge in [0.05, 0.1) is 0 Å². The standard InChI is InChI=1S/C20H25N/c1-3-6-16-9-11-17(12-10-16)15(2)21-20-14-13-18-7-4-5-8-19(18)20/h4-5,7-12,15,20-21H,3,6,13-14H2,1-2H3. The van der Waals surface area contributed by atoms with Crippen LogP contribution >= 0.6 is 0 Å². The molecule has 1 nitrogen and oxygen atoms in total. The average molecular weight is 279 g/mol. The Morgan fingerprint density at radius 1 is 1.10 bits per heavy atom. The van der Waals surface area contributed by atoms with Crippen molar-refractivity contribution < 1.29 is 0 Å². The van der Waals surface area contributed by atoms with Crippen LogP contribution in [0.4, 0.5) is 0 Å². The van der Waals surface area contributed by atoms with E-state index in [2.05, 4.69) is 67.7 Å². The molecule has 2 atom stereocenters. The zero-order valence-corrected chi connectivity index (χ0v) is 13.1. The number of nitrogens with one attached hydrogen (secondary N) is 1. The molecule has 0 fully saturated rings. The lowest BCUT2D eigenvalue weighted by Crippen LogP contribution is -2.23. The highest BCUT2D eigenvalue weighted by molar-refractivity contribution is 5.35. The van der Waals surface area contributed by atoms with Crippen molar-refractivity contribution in [3.63, 3.8) is 0 Å². The smallest absolute Gasteiger partial charge is 0.0331 e. The van der Waals surface area contributed by atoms with Crippen molar-refractivity contribution in [1.82, 2.24) is 5.32 Å². The Morgan fingerprint density at radius 3 is 2.62 bits per heavy atom. The van der Waals surface area contributed by atoms with E-state index in [0.717, 1.165) is 0 Å². The van der Waals surface area contributed by atoms with E-state index < -0.39 is 0 Å². The summed E-state index contributed by atoms with van der Waals surface area (Å²) in [5.41, 5.74) is 5.84. The van der Waals surface area contributed by atoms with E-state index in [9.17, 15) is 0 Å². The monoisotopic (exact) mass is 279 g/mol. The second-order valence-corrected chi connectivity index (χ2v) is 6.17. The van der Waals surface area contributed by atoms with E-state index in [1.54, 1.807) is 0 Å². The first-order valence-corrected chi connectivity index (χ1v) is 8.20. The molecule has 2 aromatic carbocycles. The van der Waals surface area contributed by atoms with Gasteiger partial charge in [-0.3, -0.25) is 0 Å². The molecule has 0 saturated carbocycles. The lowest BCUT2D eigenvalue weighted by molar-refractivity contribution is 0.465. The van der Waals surface area contributed by atoms with Gasteiger partial charge in [-0.15, -0.1) is 0 Å². The number of rotatable bonds is 5. The third-order valence-electron chi connectivity index (χ3n) is 4.60. The lowest BCUT2D eigenvalue weighted by atomic mass is 10.0. The van der Waals surface area contributed by atoms with E-state index in [-0.39, 0.29) is 0 Å². The minimum atomic E-state index is 0.400. The number of hydrogen-bond donors (Lipinski definition) is 1. The van der Waals surface area contributed by atoms with E-state index >= 15 is 0 Å². The molecule has 1 aliphatic carbocycles. The highest BCUT2D eigenvalue weighted by Crippen LogP contribution is 2.32. The quantitative estimate of drug-likeness (QED) is 0.814. The summed E-state index contributed by atoms with van der Waals surface area (Å²) in [6.45, 7) is 4.51. The van der Waals surface area contributed by atoms with Crippen molar-refractivity contribution >= 4 is 0 Å². The van der Waals surface area contributed by atoms with Gasteiger partial charge in [-0.25, -0.2) is 0 Å². The molecule has 0 aliphatic heterocycles. The summed E-state index contributed by atoms with van der Waals surface area (Å²) in [6, 6.07) is 18.9. The van der Waals surface area contributed by atoms with Gasteiger partial charge in [-0.2, -0.15) is 0 Å². The molecule has 0 bridgehead atoms. The highest BCUT2D eigenvalue weighted by Gasteiger charge is 2.23. The van der Waals surface area contributed by atoms with Crippen LogP contribution in [0.25, 0.3) is 0 Å². The van der Waals surface area contributed by atoms with Crippen molar-refractivity contribution in [3.8, 4) is 0 Å². The van der Waals surface area contributed by atoms with Crippen molar-refractivity contribution in [2.24, 2.45) is 0 Å². The summed E-state index contributed by atoms with van der Waals surface area (Å²) in [4.78, 5) is 0. The third-order valence-corrected chi connectivity index (χ3v) is 4.60. The van der Waals surface area contributed by atoms with Gasteiger partial charge in [0.2, 0.25) is 0 Å². The van der Waals surface area contributed by atoms with Crippen molar-refractivity contribution in [2.45, 2.75) is 51.6 Å². The van der Waals surface area contributed by atoms with Crippen LogP contribution in [0.1, 0.15) is 61.0 Å². The first-order valence-electron chi connectivity index (χ1n) is 8.20. The van der Waals surface area contributed by atoms with Crippen LogP contribution in [0.15, 0.2) is 48.5 Å². The van der Waals surface area contributed by atoms with Crippen LogP contribution in [-0.2, 0) is 12.8 Å². The highest BCUT2D eigenvalue weighted by atomic mass is 14.9. The summed E-state index contributed by atoms with van der Waals surface area (Å²) in [5.74, 6) is 0. The van der Waals surface area contributed by atoms with Crippen LogP contribution in [0, 0.1) is 0 Å². The summed E-state index contributed by atoms with van der Waals surface area (Å²) < 4.78 is 0. The Bertz CT molecular complexity index is 585. The number of fused-ring (bicyclic) bond motifs is 1. The lowest BCUT2D eigenvalue weighted by Gasteiger charge is -2.21. The fraction of sp³-hybridized carbons (Fsp3) is 0.400. The minimum Gasteiger partial charge on any atom is -0.303 e. The van der Waals surface area contributed by atoms with Crippen LogP contribution in [0.5, 0.6) is 0 Å². The van der Waals surface area contributed by atoms with Crippen molar-refractivity contribution in [1.29, 1.82) is 0 Å². The van der Waals surface area contributed by atoms with Gasteiger partial charge in [-0.1, -0.05) is 61.9 Å². The summed E-state index contributed by atoms with van der Waals surface area (Å²) in [5, 5.41) is 3.80. The van der Waals surface area contributed by atoms with Gasteiger partial charge >= 0.3 is 0 Å². The van der Waals surface area contributed by atoms with Gasteiger partial charge in [0.25, 0.3) is 0 Å². The molecule has 0 amide bonds. The molecule has 1 N–H and O–H groups in total. The van der Waals surface area contributed by atoms with Gasteiger partial charge in [0.1, 0.15) is 0 Å². The van der Waals surface area contributed by atoms with Gasteiger partial charge < -0.3 is 5.32 Å². The molecular formula is C20H25N. The molecule has 2 unspecified atom stereocenters. The Morgan fingerprint density at radius 2 is 1.86 bits per heavy atom. The first-order chi connectivity index (χ1) is 10.3. The predicted molar refractivity (Wildman–Crippen MR) is 89.5 cm³/mol. The minimum absolute atomic E-state index is 0.400. The van der Waals surface area contributed by atoms with Gasteiger partial charge in [-0.05, 0) is 48.4 Å². The van der Waals surface area contributed by atoms with E-state index in [4.69, 9.17) is 0 Å². The molecule has 0 aromatic heterocycles. The van der Waals surface area contributed by atoms with Crippen molar-refractivity contribution in [3.05, 3.63) is 70.8 Å². The average Bonchev–Trinajstić information content (AvgIpc) is 2.92. The molecule has 1 aliphatic rings. The Balaban J connectivity index is 1.68. The largest absolute Gasteiger partial charge is 0.303 e. The maximum absolute atomic E-state index is 3.80. The zero-order valence-electron chi connectivity index (χ0n) is 13.1. The molecular weight excluding hydrogens is 254 g/mol. The fourth-order valence-electron chi connectivity index (χ4n) is 3.39. The number of aryl methyl sites for hydroxylation is 2. The molecule has 2 aromatic rings. The van der Waals surface area contributed by atoms with Crippen LogP contribution < -0.4 is 5.32 Å². The summed E-state index contributed by atoms with van der Waals surface area (Å²) >= 11 is 0. The topological polar surface area (TPSA) is 12.0 Å². The summed E-state index contributed by atoms with van der Waals surface area (Å²) in [6.07, 6.45) is 4.82. The SMILES string of the molecule is CCCc1ccc(C(C)NC2CCc3ccccc32)cc1. The van der Waals surface area contributed by atoms with Gasteiger partial charge in [0, 0.05) is 12.1 Å². The number of benzene rings is 2. The Hall–Kier alpha value is -1.60. The van der Waals surface area contributed by atoms with Crippen LogP contribution in [-0.4, -0.2) is 0 Å². The maximum Gasteiger partial charge on any atom is 0.0331 e. The maximum atomic E-state index is 3.80. The first kappa shape index (κ1) is 14.3. The third kappa shape index (κ3) is 3.19. The molecule has 3 rings (SSSR count). The Kier molecular flexibility index (Phi) is 4.40. The molecule has 0 radical (unpaired) electrons. The second-order valence-electron chi connectivity index (χ2n) is 6.17. The van der Waals surface area contributed by atoms with Gasteiger partial charge in [0.15, 0.2) is 0 Å². The van der Waals surface area contributed by atoms with E-state index in [1.807, 2.05) is 0 Å². The molecule has 110 valence electrons. The number of hydrogen-bond acceptors (Lipinski definition) is 1. The normalized spacial score (nSPS) is 18.5. The molecule has 21 heavy (non-hydrogen) atoms. The summed E-state index contributed by atoms with van der Waals surface area (Å²) in [7, 11) is 0. The zero-order chi connectivity index (χ0) is 14.7. The predicted octanol–water partition coefficient (Wildman–Crippen LogP) is 4.98. The second kappa shape index (κ2) is 6.44. The van der Waals surface area contributed by atoms with Crippen molar-refractivity contribution in [2.75, 3.05) is 0 Å².